The van der Waals surface area contributed by atoms with Crippen LogP contribution in [-0.4, -0.2) is 26.3 Å². The molecule has 20 heavy (non-hydrogen) atoms. The van der Waals surface area contributed by atoms with Crippen LogP contribution in [0.5, 0.6) is 11.5 Å². The minimum absolute atomic E-state index is 0.635. The minimum Gasteiger partial charge on any atom is -0.493 e. The van der Waals surface area contributed by atoms with E-state index in [0.717, 1.165) is 17.9 Å². The smallest absolute Gasteiger partial charge is 0.162 e. The number of hydrogen-bond donors (Lipinski definition) is 1. The van der Waals surface area contributed by atoms with Gasteiger partial charge in [0.05, 0.1) is 43.3 Å². The van der Waals surface area contributed by atoms with Crippen LogP contribution < -0.4 is 20.1 Å². The number of nitrogen functional groups attached to an aromatic ring is 1. The van der Waals surface area contributed by atoms with E-state index in [1.165, 1.54) is 4.88 Å². The number of aromatic nitrogens is 1. The number of hydrogen-bond acceptors (Lipinski definition) is 6. The molecule has 0 radical (unpaired) electrons. The molecule has 0 spiro atoms. The highest BCUT2D eigenvalue weighted by Crippen LogP contribution is 2.37. The van der Waals surface area contributed by atoms with E-state index in [1.807, 2.05) is 25.5 Å². The van der Waals surface area contributed by atoms with Crippen LogP contribution in [0, 0.1) is 6.92 Å². The third kappa shape index (κ3) is 2.80. The van der Waals surface area contributed by atoms with Gasteiger partial charge >= 0.3 is 0 Å². The minimum atomic E-state index is 0.635. The molecule has 0 amide bonds. The van der Waals surface area contributed by atoms with E-state index in [0.29, 0.717) is 17.2 Å². The first kappa shape index (κ1) is 14.5. The summed E-state index contributed by atoms with van der Waals surface area (Å²) >= 11 is 1.65. The van der Waals surface area contributed by atoms with E-state index in [9.17, 15) is 0 Å². The van der Waals surface area contributed by atoms with Gasteiger partial charge in [-0.3, -0.25) is 0 Å². The maximum atomic E-state index is 6.10. The van der Waals surface area contributed by atoms with Crippen molar-refractivity contribution in [1.82, 2.24) is 4.98 Å². The first-order valence-corrected chi connectivity index (χ1v) is 7.06. The van der Waals surface area contributed by atoms with Gasteiger partial charge in [-0.1, -0.05) is 0 Å². The number of nitrogens with zero attached hydrogens (tertiary/aromatic N) is 2. The Bertz CT molecular complexity index is 598. The number of ether oxygens (including phenoxy) is 2. The van der Waals surface area contributed by atoms with Gasteiger partial charge in [-0.25, -0.2) is 4.98 Å². The van der Waals surface area contributed by atoms with Gasteiger partial charge in [-0.15, -0.1) is 11.3 Å². The molecule has 5 nitrogen and oxygen atoms in total. The summed E-state index contributed by atoms with van der Waals surface area (Å²) in [6.45, 7) is 2.77. The summed E-state index contributed by atoms with van der Waals surface area (Å²) in [5, 5.41) is 0. The van der Waals surface area contributed by atoms with Crippen molar-refractivity contribution in [2.75, 3.05) is 31.9 Å². The van der Waals surface area contributed by atoms with Gasteiger partial charge in [0.15, 0.2) is 11.5 Å². The molecule has 0 aliphatic rings. The molecule has 0 atom stereocenters. The van der Waals surface area contributed by atoms with Gasteiger partial charge in [0, 0.05) is 24.1 Å². The topological polar surface area (TPSA) is 60.6 Å². The molecule has 2 rings (SSSR count). The summed E-state index contributed by atoms with van der Waals surface area (Å²) in [7, 11) is 5.21. The molecule has 0 saturated heterocycles. The Hall–Kier alpha value is -1.95. The van der Waals surface area contributed by atoms with E-state index in [4.69, 9.17) is 15.2 Å². The average Bonchev–Trinajstić information content (AvgIpc) is 2.83. The second-order valence-corrected chi connectivity index (χ2v) is 5.42. The molecular weight excluding hydrogens is 274 g/mol. The maximum Gasteiger partial charge on any atom is 0.162 e. The summed E-state index contributed by atoms with van der Waals surface area (Å²) in [6.07, 6.45) is 0. The standard InChI is InChI=1S/C14H19N3O2S/c1-9-14(20-8-16-9)7-17(2)11-6-13(19-4)12(18-3)5-10(11)15/h5-6,8H,7,15H2,1-4H3. The number of nitrogens with two attached hydrogens (primary N) is 1. The van der Waals surface area contributed by atoms with Crippen LogP contribution >= 0.6 is 11.3 Å². The van der Waals surface area contributed by atoms with E-state index < -0.39 is 0 Å². The molecule has 0 fully saturated rings. The van der Waals surface area contributed by atoms with Crippen LogP contribution in [0.3, 0.4) is 0 Å². The fraction of sp³-hybridized carbons (Fsp3) is 0.357. The highest BCUT2D eigenvalue weighted by molar-refractivity contribution is 7.09. The molecule has 0 aliphatic carbocycles. The molecule has 108 valence electrons. The average molecular weight is 293 g/mol. The number of aryl methyl sites for hydroxylation is 1. The molecule has 6 heteroatoms. The predicted octanol–water partition coefficient (Wildman–Crippen LogP) is 2.69. The molecule has 1 aromatic heterocycles. The fourth-order valence-corrected chi connectivity index (χ4v) is 2.82. The van der Waals surface area contributed by atoms with Gasteiger partial charge < -0.3 is 20.1 Å². The van der Waals surface area contributed by atoms with Crippen LogP contribution in [0.4, 0.5) is 11.4 Å². The maximum absolute atomic E-state index is 6.10. The van der Waals surface area contributed by atoms with Crippen LogP contribution in [-0.2, 0) is 6.54 Å². The van der Waals surface area contributed by atoms with Crippen molar-refractivity contribution < 1.29 is 9.47 Å². The van der Waals surface area contributed by atoms with E-state index in [1.54, 1.807) is 31.6 Å². The van der Waals surface area contributed by atoms with Crippen LogP contribution in [0.1, 0.15) is 10.6 Å². The van der Waals surface area contributed by atoms with Gasteiger partial charge in [-0.05, 0) is 6.92 Å². The fourth-order valence-electron chi connectivity index (χ4n) is 1.99. The lowest BCUT2D eigenvalue weighted by Gasteiger charge is -2.22. The predicted molar refractivity (Wildman–Crippen MR) is 82.9 cm³/mol. The largest absolute Gasteiger partial charge is 0.493 e. The Labute approximate surface area is 123 Å². The van der Waals surface area contributed by atoms with Crippen molar-refractivity contribution in [2.45, 2.75) is 13.5 Å². The number of rotatable bonds is 5. The second kappa shape index (κ2) is 6.00. The molecule has 0 saturated carbocycles. The van der Waals surface area contributed by atoms with Crippen molar-refractivity contribution in [3.8, 4) is 11.5 Å². The molecule has 2 N–H and O–H groups in total. The first-order valence-electron chi connectivity index (χ1n) is 6.18. The van der Waals surface area contributed by atoms with Gasteiger partial charge in [0.25, 0.3) is 0 Å². The third-order valence-corrected chi connectivity index (χ3v) is 4.09. The van der Waals surface area contributed by atoms with Crippen molar-refractivity contribution in [3.05, 3.63) is 28.2 Å². The van der Waals surface area contributed by atoms with Crippen molar-refractivity contribution in [1.29, 1.82) is 0 Å². The van der Waals surface area contributed by atoms with Gasteiger partial charge in [-0.2, -0.15) is 0 Å². The van der Waals surface area contributed by atoms with Gasteiger partial charge in [0.1, 0.15) is 0 Å². The third-order valence-electron chi connectivity index (χ3n) is 3.17. The van der Waals surface area contributed by atoms with Crippen LogP contribution in [0.2, 0.25) is 0 Å². The Morgan fingerprint density at radius 2 is 1.90 bits per heavy atom. The summed E-state index contributed by atoms with van der Waals surface area (Å²) in [5.74, 6) is 1.31. The number of methoxy groups -OCH3 is 2. The van der Waals surface area contributed by atoms with Crippen LogP contribution in [0.15, 0.2) is 17.6 Å². The Morgan fingerprint density at radius 3 is 2.45 bits per heavy atom. The number of thiazole rings is 1. The summed E-state index contributed by atoms with van der Waals surface area (Å²) in [6, 6.07) is 3.68. The second-order valence-electron chi connectivity index (χ2n) is 4.48. The molecule has 2 aromatic rings. The normalized spacial score (nSPS) is 10.4. The van der Waals surface area contributed by atoms with Crippen LogP contribution in [0.25, 0.3) is 0 Å². The van der Waals surface area contributed by atoms with Crippen molar-refractivity contribution in [3.63, 3.8) is 0 Å². The van der Waals surface area contributed by atoms with Crippen molar-refractivity contribution in [2.24, 2.45) is 0 Å². The quantitative estimate of drug-likeness (QED) is 0.859. The molecule has 0 unspecified atom stereocenters. The molecule has 1 heterocycles. The van der Waals surface area contributed by atoms with E-state index in [-0.39, 0.29) is 0 Å². The number of benzene rings is 1. The SMILES string of the molecule is COc1cc(N)c(N(C)Cc2scnc2C)cc1OC. The number of anilines is 2. The van der Waals surface area contributed by atoms with E-state index in [2.05, 4.69) is 9.88 Å². The molecule has 0 aliphatic heterocycles. The molecule has 1 aromatic carbocycles. The highest BCUT2D eigenvalue weighted by atomic mass is 32.1. The Morgan fingerprint density at radius 1 is 1.25 bits per heavy atom. The van der Waals surface area contributed by atoms with Gasteiger partial charge in [0.2, 0.25) is 0 Å². The van der Waals surface area contributed by atoms with E-state index >= 15 is 0 Å². The lowest BCUT2D eigenvalue weighted by Crippen LogP contribution is -2.18. The molecular formula is C14H19N3O2S. The Kier molecular flexibility index (Phi) is 4.34. The zero-order chi connectivity index (χ0) is 14.7. The molecule has 0 bridgehead atoms. The summed E-state index contributed by atoms with van der Waals surface area (Å²) in [4.78, 5) is 7.57. The zero-order valence-electron chi connectivity index (χ0n) is 12.1. The highest BCUT2D eigenvalue weighted by Gasteiger charge is 2.14. The lowest BCUT2D eigenvalue weighted by molar-refractivity contribution is 0.355. The monoisotopic (exact) mass is 293 g/mol. The summed E-state index contributed by atoms with van der Waals surface area (Å²) in [5.41, 5.74) is 10.6. The summed E-state index contributed by atoms with van der Waals surface area (Å²) < 4.78 is 10.6. The zero-order valence-corrected chi connectivity index (χ0v) is 13.0. The van der Waals surface area contributed by atoms with Crippen molar-refractivity contribution >= 4 is 22.7 Å². The lowest BCUT2D eigenvalue weighted by atomic mass is 10.2. The Balaban J connectivity index is 2.30. The first-order chi connectivity index (χ1) is 9.56.